The fraction of sp³-hybridized carbons (Fsp3) is 0.769. The molecule has 0 spiro atoms. The maximum Gasteiger partial charge on any atom is 0.498 e. The molecule has 0 radical (unpaired) electrons. The van der Waals surface area contributed by atoms with E-state index in [2.05, 4.69) is 15.3 Å². The molecule has 10 nitrogen and oxygen atoms in total. The zero-order valence-corrected chi connectivity index (χ0v) is 24.1. The van der Waals surface area contributed by atoms with Crippen LogP contribution in [0.25, 0.3) is 0 Å². The van der Waals surface area contributed by atoms with Crippen LogP contribution in [0.2, 0.25) is 0 Å². The molecule has 0 bridgehead atoms. The molecule has 3 rings (SSSR count). The number of likely N-dealkylation sites (tertiary alicyclic amines) is 1. The molecule has 2 fully saturated rings. The van der Waals surface area contributed by atoms with Crippen molar-refractivity contribution in [1.29, 1.82) is 0 Å². The average molecular weight is 517 g/mol. The maximum absolute atomic E-state index is 13.5. The van der Waals surface area contributed by atoms with Crippen molar-refractivity contribution >= 4 is 30.5 Å². The summed E-state index contributed by atoms with van der Waals surface area (Å²) in [5.74, 6) is 0.394. The summed E-state index contributed by atoms with van der Waals surface area (Å²) in [6.07, 6.45) is 4.67. The van der Waals surface area contributed by atoms with Crippen molar-refractivity contribution in [3.8, 4) is 0 Å². The zero-order chi connectivity index (χ0) is 27.8. The van der Waals surface area contributed by atoms with Gasteiger partial charge in [0.25, 0.3) is 0 Å². The molecule has 1 N–H and O–H groups in total. The lowest BCUT2D eigenvalue weighted by Crippen LogP contribution is -2.54. The highest BCUT2D eigenvalue weighted by atomic mass is 16.7. The van der Waals surface area contributed by atoms with Crippen molar-refractivity contribution in [2.75, 3.05) is 25.0 Å². The lowest BCUT2D eigenvalue weighted by Gasteiger charge is -2.33. The molecule has 2 aliphatic heterocycles. The van der Waals surface area contributed by atoms with E-state index in [1.165, 1.54) is 0 Å². The van der Waals surface area contributed by atoms with Crippen LogP contribution in [0, 0.1) is 5.92 Å². The predicted octanol–water partition coefficient (Wildman–Crippen LogP) is 2.75. The lowest BCUT2D eigenvalue weighted by molar-refractivity contribution is -0.135. The molecule has 11 heteroatoms. The number of carbonyl (C=O) groups is 2. The van der Waals surface area contributed by atoms with Crippen LogP contribution in [0.1, 0.15) is 75.2 Å². The van der Waals surface area contributed by atoms with E-state index in [-0.39, 0.29) is 17.9 Å². The third-order valence-electron chi connectivity index (χ3n) is 7.27. The van der Waals surface area contributed by atoms with Gasteiger partial charge in [0.15, 0.2) is 0 Å². The molecule has 2 amide bonds. The van der Waals surface area contributed by atoms with E-state index >= 15 is 0 Å². The van der Waals surface area contributed by atoms with Gasteiger partial charge >= 0.3 is 13.2 Å². The number of nitrogens with one attached hydrogen (secondary N) is 1. The standard InChI is InChI=1S/C26H44BN5O5/c1-17(2)20(30-23(34)35-24(3,4)5)21(33)32-13-11-12-19(32)16-31(10)22-28-14-18(15-29-22)27-36-25(6,7)26(8,9)37-27/h14-15,17,19-20H,11-13,16H2,1-10H3,(H,30,34)/t19-,20+/m1/s1. The highest BCUT2D eigenvalue weighted by molar-refractivity contribution is 6.61. The van der Waals surface area contributed by atoms with Gasteiger partial charge in [0.1, 0.15) is 11.6 Å². The molecule has 2 atom stereocenters. The number of likely N-dealkylation sites (N-methyl/N-ethyl adjacent to an activating group) is 1. The first kappa shape index (κ1) is 29.2. The van der Waals surface area contributed by atoms with Crippen LogP contribution in [0.5, 0.6) is 0 Å². The molecule has 206 valence electrons. The van der Waals surface area contributed by atoms with Gasteiger partial charge in [-0.2, -0.15) is 0 Å². The Bertz CT molecular complexity index is 947. The van der Waals surface area contributed by atoms with Gasteiger partial charge in [-0.25, -0.2) is 14.8 Å². The summed E-state index contributed by atoms with van der Waals surface area (Å²) in [6.45, 7) is 18.5. The Kier molecular flexibility index (Phi) is 8.49. The minimum Gasteiger partial charge on any atom is -0.444 e. The van der Waals surface area contributed by atoms with Crippen molar-refractivity contribution in [3.05, 3.63) is 12.4 Å². The maximum atomic E-state index is 13.5. The fourth-order valence-electron chi connectivity index (χ4n) is 4.47. The molecule has 37 heavy (non-hydrogen) atoms. The molecule has 1 aromatic rings. The number of anilines is 1. The van der Waals surface area contributed by atoms with Gasteiger partial charge in [-0.1, -0.05) is 13.8 Å². The molecule has 2 saturated heterocycles. The minimum absolute atomic E-state index is 0.00874. The van der Waals surface area contributed by atoms with Crippen molar-refractivity contribution in [3.63, 3.8) is 0 Å². The quantitative estimate of drug-likeness (QED) is 0.551. The van der Waals surface area contributed by atoms with E-state index in [4.69, 9.17) is 14.0 Å². The summed E-state index contributed by atoms with van der Waals surface area (Å²) in [6, 6.07) is -0.665. The van der Waals surface area contributed by atoms with Gasteiger partial charge in [0.05, 0.1) is 11.2 Å². The van der Waals surface area contributed by atoms with E-state index in [9.17, 15) is 9.59 Å². The molecule has 0 unspecified atom stereocenters. The number of nitrogens with zero attached hydrogens (tertiary/aromatic N) is 4. The van der Waals surface area contributed by atoms with Crippen molar-refractivity contribution in [1.82, 2.24) is 20.2 Å². The fourth-order valence-corrected chi connectivity index (χ4v) is 4.47. The van der Waals surface area contributed by atoms with Gasteiger partial charge < -0.3 is 29.2 Å². The summed E-state index contributed by atoms with van der Waals surface area (Å²) in [4.78, 5) is 38.8. The second-order valence-corrected chi connectivity index (χ2v) is 12.5. The largest absolute Gasteiger partial charge is 0.498 e. The molecular weight excluding hydrogens is 473 g/mol. The molecule has 0 aromatic carbocycles. The van der Waals surface area contributed by atoms with Crippen molar-refractivity contribution in [2.24, 2.45) is 5.92 Å². The number of aromatic nitrogens is 2. The zero-order valence-electron chi connectivity index (χ0n) is 24.1. The molecular formula is C26H44BN5O5. The van der Waals surface area contributed by atoms with E-state index in [0.717, 1.165) is 18.3 Å². The van der Waals surface area contributed by atoms with Crippen molar-refractivity contribution in [2.45, 2.75) is 104 Å². The normalized spacial score (nSPS) is 21.8. The van der Waals surface area contributed by atoms with Gasteiger partial charge in [0.2, 0.25) is 11.9 Å². The highest BCUT2D eigenvalue weighted by Crippen LogP contribution is 2.36. The first-order valence-corrected chi connectivity index (χ1v) is 13.2. The topological polar surface area (TPSA) is 106 Å². The summed E-state index contributed by atoms with van der Waals surface area (Å²) in [5, 5.41) is 2.79. The number of alkyl carbamates (subject to hydrolysis) is 1. The monoisotopic (exact) mass is 517 g/mol. The van der Waals surface area contributed by atoms with E-state index in [0.29, 0.717) is 19.0 Å². The molecule has 0 aliphatic carbocycles. The summed E-state index contributed by atoms with van der Waals surface area (Å²) in [7, 11) is 1.40. The number of hydrogen-bond donors (Lipinski definition) is 1. The number of carbonyl (C=O) groups excluding carboxylic acids is 2. The van der Waals surface area contributed by atoms with Crippen LogP contribution < -0.4 is 15.7 Å². The average Bonchev–Trinajstić information content (AvgIpc) is 3.31. The Hall–Kier alpha value is -2.40. The Morgan fingerprint density at radius 1 is 1.19 bits per heavy atom. The molecule has 2 aliphatic rings. The molecule has 3 heterocycles. The number of hydrogen-bond acceptors (Lipinski definition) is 8. The Morgan fingerprint density at radius 3 is 2.27 bits per heavy atom. The summed E-state index contributed by atoms with van der Waals surface area (Å²) >= 11 is 0. The van der Waals surface area contributed by atoms with Gasteiger partial charge in [-0.05, 0) is 67.2 Å². The molecule has 0 saturated carbocycles. The van der Waals surface area contributed by atoms with Gasteiger partial charge in [-0.15, -0.1) is 0 Å². The van der Waals surface area contributed by atoms with Gasteiger partial charge in [-0.3, -0.25) is 4.79 Å². The van der Waals surface area contributed by atoms with Crippen molar-refractivity contribution < 1.29 is 23.6 Å². The van der Waals surface area contributed by atoms with Gasteiger partial charge in [0, 0.05) is 44.0 Å². The predicted molar refractivity (Wildman–Crippen MR) is 144 cm³/mol. The smallest absolute Gasteiger partial charge is 0.444 e. The summed E-state index contributed by atoms with van der Waals surface area (Å²) < 4.78 is 17.6. The summed E-state index contributed by atoms with van der Waals surface area (Å²) in [5.41, 5.74) is -0.734. The number of ether oxygens (including phenoxy) is 1. The van der Waals surface area contributed by atoms with E-state index < -0.39 is 36.1 Å². The Morgan fingerprint density at radius 2 is 1.76 bits per heavy atom. The second-order valence-electron chi connectivity index (χ2n) is 12.5. The lowest BCUT2D eigenvalue weighted by atomic mass is 9.81. The van der Waals surface area contributed by atoms with E-state index in [1.807, 2.05) is 58.4 Å². The Balaban J connectivity index is 1.64. The third-order valence-corrected chi connectivity index (χ3v) is 7.27. The van der Waals surface area contributed by atoms with Crippen LogP contribution in [-0.2, 0) is 18.8 Å². The highest BCUT2D eigenvalue weighted by Gasteiger charge is 2.52. The molecule has 1 aromatic heterocycles. The van der Waals surface area contributed by atoms with Crippen LogP contribution in [0.3, 0.4) is 0 Å². The van der Waals surface area contributed by atoms with E-state index in [1.54, 1.807) is 33.2 Å². The third kappa shape index (κ3) is 6.93. The van der Waals surface area contributed by atoms with Crippen LogP contribution in [0.15, 0.2) is 12.4 Å². The number of amides is 2. The van der Waals surface area contributed by atoms with Crippen LogP contribution in [-0.4, -0.2) is 83.0 Å². The SMILES string of the molecule is CC(C)[C@H](NC(=O)OC(C)(C)C)C(=O)N1CCC[C@@H]1CN(C)c1ncc(B2OC(C)(C)C(C)(C)O2)cn1. The van der Waals surface area contributed by atoms with Crippen LogP contribution >= 0.6 is 0 Å². The first-order valence-electron chi connectivity index (χ1n) is 13.2. The first-order chi connectivity index (χ1) is 17.0. The minimum atomic E-state index is -0.656. The second kappa shape index (κ2) is 10.8. The number of rotatable bonds is 7. The Labute approximate surface area is 222 Å². The van der Waals surface area contributed by atoms with Crippen LogP contribution in [0.4, 0.5) is 10.7 Å².